The number of carbonyl (C=O) groups excluding carboxylic acids is 1. The SMILES string of the molecule is CC(C#N)CN(C)C(=O)c1ccc(Br)cc1O. The molecule has 0 spiro atoms. The van der Waals surface area contributed by atoms with Gasteiger partial charge in [-0.2, -0.15) is 5.26 Å². The number of phenols is 1. The summed E-state index contributed by atoms with van der Waals surface area (Å²) < 4.78 is 0.708. The van der Waals surface area contributed by atoms with Crippen LogP contribution in [0.15, 0.2) is 22.7 Å². The molecule has 0 heterocycles. The number of hydrogen-bond donors (Lipinski definition) is 1. The highest BCUT2D eigenvalue weighted by Crippen LogP contribution is 2.23. The zero-order chi connectivity index (χ0) is 13.0. The van der Waals surface area contributed by atoms with Gasteiger partial charge in [0, 0.05) is 18.1 Å². The van der Waals surface area contributed by atoms with Crippen LogP contribution >= 0.6 is 15.9 Å². The lowest BCUT2D eigenvalue weighted by Crippen LogP contribution is -2.30. The molecule has 4 nitrogen and oxygen atoms in total. The molecule has 1 rings (SSSR count). The van der Waals surface area contributed by atoms with Gasteiger partial charge in [0.2, 0.25) is 0 Å². The lowest BCUT2D eigenvalue weighted by atomic mass is 10.1. The zero-order valence-electron chi connectivity index (χ0n) is 9.64. The first-order valence-corrected chi connectivity index (χ1v) is 5.88. The van der Waals surface area contributed by atoms with E-state index in [-0.39, 0.29) is 23.1 Å². The highest BCUT2D eigenvalue weighted by Gasteiger charge is 2.17. The maximum absolute atomic E-state index is 12.0. The van der Waals surface area contributed by atoms with Gasteiger partial charge in [-0.25, -0.2) is 0 Å². The molecule has 5 heteroatoms. The summed E-state index contributed by atoms with van der Waals surface area (Å²) in [7, 11) is 1.61. The smallest absolute Gasteiger partial charge is 0.257 e. The Bertz CT molecular complexity index is 468. The van der Waals surface area contributed by atoms with E-state index in [9.17, 15) is 9.90 Å². The topological polar surface area (TPSA) is 64.3 Å². The molecule has 17 heavy (non-hydrogen) atoms. The van der Waals surface area contributed by atoms with E-state index in [1.165, 1.54) is 11.0 Å². The Hall–Kier alpha value is -1.54. The average molecular weight is 297 g/mol. The number of hydrogen-bond acceptors (Lipinski definition) is 3. The second kappa shape index (κ2) is 5.69. The Balaban J connectivity index is 2.86. The van der Waals surface area contributed by atoms with Crippen LogP contribution in [0.2, 0.25) is 0 Å². The van der Waals surface area contributed by atoms with E-state index < -0.39 is 0 Å². The number of nitriles is 1. The minimum Gasteiger partial charge on any atom is -0.507 e. The molecule has 0 aliphatic rings. The van der Waals surface area contributed by atoms with Crippen LogP contribution in [0.25, 0.3) is 0 Å². The summed E-state index contributed by atoms with van der Waals surface area (Å²) in [6.45, 7) is 2.08. The number of amides is 1. The Kier molecular flexibility index (Phi) is 4.53. The lowest BCUT2D eigenvalue weighted by molar-refractivity contribution is 0.0782. The molecule has 1 N–H and O–H groups in total. The first-order valence-electron chi connectivity index (χ1n) is 5.09. The third kappa shape index (κ3) is 3.46. The summed E-state index contributed by atoms with van der Waals surface area (Å²) in [5.41, 5.74) is 0.237. The fraction of sp³-hybridized carbons (Fsp3) is 0.333. The van der Waals surface area contributed by atoms with E-state index in [0.717, 1.165) is 0 Å². The normalized spacial score (nSPS) is 11.6. The quantitative estimate of drug-likeness (QED) is 0.931. The molecule has 1 atom stereocenters. The number of aromatic hydroxyl groups is 1. The van der Waals surface area contributed by atoms with Crippen molar-refractivity contribution in [2.24, 2.45) is 5.92 Å². The van der Waals surface area contributed by atoms with Crippen LogP contribution < -0.4 is 0 Å². The van der Waals surface area contributed by atoms with E-state index in [1.807, 2.05) is 0 Å². The zero-order valence-corrected chi connectivity index (χ0v) is 11.2. The van der Waals surface area contributed by atoms with Crippen LogP contribution in [-0.4, -0.2) is 29.5 Å². The van der Waals surface area contributed by atoms with Crippen molar-refractivity contribution < 1.29 is 9.90 Å². The Labute approximate surface area is 109 Å². The van der Waals surface area contributed by atoms with Gasteiger partial charge >= 0.3 is 0 Å². The molecule has 0 aromatic heterocycles. The van der Waals surface area contributed by atoms with Crippen molar-refractivity contribution in [1.29, 1.82) is 5.26 Å². The molecule has 0 saturated heterocycles. The van der Waals surface area contributed by atoms with Crippen LogP contribution in [-0.2, 0) is 0 Å². The number of carbonyl (C=O) groups is 1. The van der Waals surface area contributed by atoms with Crippen molar-refractivity contribution >= 4 is 21.8 Å². The summed E-state index contributed by atoms with van der Waals surface area (Å²) in [6.07, 6.45) is 0. The van der Waals surface area contributed by atoms with E-state index in [1.54, 1.807) is 26.1 Å². The van der Waals surface area contributed by atoms with Gasteiger partial charge in [0.1, 0.15) is 5.75 Å². The molecule has 0 saturated carbocycles. The van der Waals surface area contributed by atoms with Gasteiger partial charge in [-0.05, 0) is 25.1 Å². The van der Waals surface area contributed by atoms with Gasteiger partial charge in [0.25, 0.3) is 5.91 Å². The molecule has 0 fully saturated rings. The van der Waals surface area contributed by atoms with E-state index in [2.05, 4.69) is 22.0 Å². The van der Waals surface area contributed by atoms with E-state index in [4.69, 9.17) is 5.26 Å². The summed E-state index contributed by atoms with van der Waals surface area (Å²) in [5.74, 6) is -0.598. The fourth-order valence-electron chi connectivity index (χ4n) is 1.43. The monoisotopic (exact) mass is 296 g/mol. The number of rotatable bonds is 3. The minimum atomic E-state index is -0.294. The predicted molar refractivity (Wildman–Crippen MR) is 67.5 cm³/mol. The molecule has 1 aromatic rings. The molecule has 0 radical (unpaired) electrons. The predicted octanol–water partition coefficient (Wildman–Crippen LogP) is 2.39. The average Bonchev–Trinajstić information content (AvgIpc) is 2.28. The molecule has 1 unspecified atom stereocenters. The van der Waals surface area contributed by atoms with Gasteiger partial charge in [-0.15, -0.1) is 0 Å². The first-order chi connectivity index (χ1) is 7.95. The van der Waals surface area contributed by atoms with Crippen LogP contribution in [0.5, 0.6) is 5.75 Å². The molecular formula is C12H13BrN2O2. The third-order valence-electron chi connectivity index (χ3n) is 2.30. The summed E-state index contributed by atoms with van der Waals surface area (Å²) in [4.78, 5) is 13.4. The van der Waals surface area contributed by atoms with Crippen LogP contribution in [0.4, 0.5) is 0 Å². The van der Waals surface area contributed by atoms with E-state index >= 15 is 0 Å². The van der Waals surface area contributed by atoms with Crippen molar-refractivity contribution in [3.05, 3.63) is 28.2 Å². The van der Waals surface area contributed by atoms with Crippen LogP contribution in [0, 0.1) is 17.2 Å². The van der Waals surface area contributed by atoms with Crippen LogP contribution in [0.1, 0.15) is 17.3 Å². The number of nitrogens with zero attached hydrogens (tertiary/aromatic N) is 2. The van der Waals surface area contributed by atoms with Crippen molar-refractivity contribution in [3.63, 3.8) is 0 Å². The van der Waals surface area contributed by atoms with E-state index in [0.29, 0.717) is 11.0 Å². The number of benzene rings is 1. The van der Waals surface area contributed by atoms with Crippen LogP contribution in [0.3, 0.4) is 0 Å². The maximum atomic E-state index is 12.0. The highest BCUT2D eigenvalue weighted by molar-refractivity contribution is 9.10. The highest BCUT2D eigenvalue weighted by atomic mass is 79.9. The first kappa shape index (κ1) is 13.5. The third-order valence-corrected chi connectivity index (χ3v) is 2.80. The Morgan fingerprint density at radius 3 is 2.82 bits per heavy atom. The van der Waals surface area contributed by atoms with Crippen molar-refractivity contribution in [2.45, 2.75) is 6.92 Å². The molecule has 0 bridgehead atoms. The second-order valence-corrected chi connectivity index (χ2v) is 4.79. The number of halogens is 1. The molecule has 90 valence electrons. The van der Waals surface area contributed by atoms with Gasteiger partial charge in [0.15, 0.2) is 0 Å². The fourth-order valence-corrected chi connectivity index (χ4v) is 1.77. The van der Waals surface area contributed by atoms with Crippen molar-refractivity contribution in [2.75, 3.05) is 13.6 Å². The lowest BCUT2D eigenvalue weighted by Gasteiger charge is -2.18. The number of phenolic OH excluding ortho intramolecular Hbond substituents is 1. The van der Waals surface area contributed by atoms with Gasteiger partial charge in [-0.1, -0.05) is 15.9 Å². The van der Waals surface area contributed by atoms with Crippen molar-refractivity contribution in [3.8, 4) is 11.8 Å². The Morgan fingerprint density at radius 2 is 2.29 bits per heavy atom. The largest absolute Gasteiger partial charge is 0.507 e. The van der Waals surface area contributed by atoms with Gasteiger partial charge in [0.05, 0.1) is 17.6 Å². The van der Waals surface area contributed by atoms with Gasteiger partial charge in [-0.3, -0.25) is 4.79 Å². The second-order valence-electron chi connectivity index (χ2n) is 3.88. The molecule has 1 amide bonds. The van der Waals surface area contributed by atoms with Gasteiger partial charge < -0.3 is 10.0 Å². The maximum Gasteiger partial charge on any atom is 0.257 e. The summed E-state index contributed by atoms with van der Waals surface area (Å²) in [5, 5.41) is 18.3. The summed E-state index contributed by atoms with van der Waals surface area (Å²) >= 11 is 3.21. The minimum absolute atomic E-state index is 0.0687. The standard InChI is InChI=1S/C12H13BrN2O2/c1-8(6-14)7-15(2)12(17)10-4-3-9(13)5-11(10)16/h3-5,8,16H,7H2,1-2H3. The molecular weight excluding hydrogens is 284 g/mol. The molecule has 0 aliphatic carbocycles. The molecule has 1 aromatic carbocycles. The Morgan fingerprint density at radius 1 is 1.65 bits per heavy atom. The molecule has 0 aliphatic heterocycles. The van der Waals surface area contributed by atoms with Crippen molar-refractivity contribution in [1.82, 2.24) is 4.90 Å². The summed E-state index contributed by atoms with van der Waals surface area (Å²) in [6, 6.07) is 6.77.